The molecule has 1 aliphatic rings. The molecule has 0 amide bonds. The molecule has 0 saturated carbocycles. The van der Waals surface area contributed by atoms with Gasteiger partial charge >= 0.3 is 0 Å². The summed E-state index contributed by atoms with van der Waals surface area (Å²) in [7, 11) is 1.80. The zero-order valence-corrected chi connectivity index (χ0v) is 7.62. The minimum Gasteiger partial charge on any atom is -0.381 e. The van der Waals surface area contributed by atoms with Gasteiger partial charge in [0.2, 0.25) is 0 Å². The zero-order chi connectivity index (χ0) is 9.26. The van der Waals surface area contributed by atoms with Gasteiger partial charge in [0.1, 0.15) is 5.69 Å². The second-order valence-corrected chi connectivity index (χ2v) is 3.16. The Morgan fingerprint density at radius 3 is 3.00 bits per heavy atom. The summed E-state index contributed by atoms with van der Waals surface area (Å²) in [6, 6.07) is 0. The molecule has 2 heterocycles. The molecule has 0 unspecified atom stereocenters. The number of carbonyl (C=O) groups is 1. The van der Waals surface area contributed by atoms with Crippen LogP contribution in [0.15, 0.2) is 0 Å². The van der Waals surface area contributed by atoms with E-state index in [0.29, 0.717) is 18.9 Å². The van der Waals surface area contributed by atoms with Gasteiger partial charge in [0.25, 0.3) is 0 Å². The number of carbonyl (C=O) groups excluding carboxylic acids is 1. The average Bonchev–Trinajstić information content (AvgIpc) is 2.32. The predicted octanol–water partition coefficient (Wildman–Crippen LogP) is 0.348. The fourth-order valence-electron chi connectivity index (χ4n) is 1.70. The molecule has 0 aliphatic carbocycles. The van der Waals surface area contributed by atoms with E-state index in [1.54, 1.807) is 11.7 Å². The predicted molar refractivity (Wildman–Crippen MR) is 46.8 cm³/mol. The van der Waals surface area contributed by atoms with Crippen molar-refractivity contribution in [2.75, 3.05) is 13.2 Å². The molecule has 4 nitrogen and oxygen atoms in total. The van der Waals surface area contributed by atoms with Crippen LogP contribution in [0.5, 0.6) is 0 Å². The maximum absolute atomic E-state index is 10.8. The SMILES string of the molecule is Cn1nc2c(c1C=O)CCOCC2. The van der Waals surface area contributed by atoms with Gasteiger partial charge in [-0.1, -0.05) is 0 Å². The van der Waals surface area contributed by atoms with E-state index < -0.39 is 0 Å². The molecule has 13 heavy (non-hydrogen) atoms. The molecule has 0 fully saturated rings. The highest BCUT2D eigenvalue weighted by molar-refractivity contribution is 5.75. The van der Waals surface area contributed by atoms with Crippen LogP contribution in [0.1, 0.15) is 21.7 Å². The fraction of sp³-hybridized carbons (Fsp3) is 0.556. The molecule has 70 valence electrons. The lowest BCUT2D eigenvalue weighted by Crippen LogP contribution is -2.02. The smallest absolute Gasteiger partial charge is 0.168 e. The standard InChI is InChI=1S/C9H12N2O2/c1-11-9(6-12)7-2-4-13-5-3-8(7)10-11/h6H,2-5H2,1H3. The highest BCUT2D eigenvalue weighted by Crippen LogP contribution is 2.16. The first-order valence-corrected chi connectivity index (χ1v) is 4.40. The van der Waals surface area contributed by atoms with Gasteiger partial charge in [0.15, 0.2) is 6.29 Å². The lowest BCUT2D eigenvalue weighted by atomic mass is 10.1. The molecule has 0 bridgehead atoms. The topological polar surface area (TPSA) is 44.1 Å². The van der Waals surface area contributed by atoms with Crippen LogP contribution in [-0.2, 0) is 24.6 Å². The van der Waals surface area contributed by atoms with E-state index in [0.717, 1.165) is 30.4 Å². The minimum absolute atomic E-state index is 0.694. The van der Waals surface area contributed by atoms with E-state index >= 15 is 0 Å². The van der Waals surface area contributed by atoms with Crippen LogP contribution in [0, 0.1) is 0 Å². The van der Waals surface area contributed by atoms with Gasteiger partial charge in [-0.05, 0) is 6.42 Å². The Labute approximate surface area is 76.5 Å². The Bertz CT molecular complexity index is 331. The van der Waals surface area contributed by atoms with Gasteiger partial charge in [0.05, 0.1) is 18.9 Å². The molecule has 1 aliphatic heterocycles. The van der Waals surface area contributed by atoms with Crippen LogP contribution in [0.2, 0.25) is 0 Å². The van der Waals surface area contributed by atoms with Crippen molar-refractivity contribution in [3.63, 3.8) is 0 Å². The van der Waals surface area contributed by atoms with Crippen molar-refractivity contribution in [1.29, 1.82) is 0 Å². The van der Waals surface area contributed by atoms with E-state index in [9.17, 15) is 4.79 Å². The molecule has 4 heteroatoms. The Morgan fingerprint density at radius 2 is 2.23 bits per heavy atom. The summed E-state index contributed by atoms with van der Waals surface area (Å²) in [5, 5.41) is 4.29. The number of aryl methyl sites for hydroxylation is 1. The van der Waals surface area contributed by atoms with E-state index in [4.69, 9.17) is 4.74 Å². The van der Waals surface area contributed by atoms with E-state index in [-0.39, 0.29) is 0 Å². The minimum atomic E-state index is 0.694. The maximum Gasteiger partial charge on any atom is 0.168 e. The molecule has 0 spiro atoms. The summed E-state index contributed by atoms with van der Waals surface area (Å²) in [4.78, 5) is 10.8. The lowest BCUT2D eigenvalue weighted by molar-refractivity contribution is 0.111. The van der Waals surface area contributed by atoms with Crippen LogP contribution < -0.4 is 0 Å². The molecule has 0 saturated heterocycles. The van der Waals surface area contributed by atoms with Crippen molar-refractivity contribution < 1.29 is 9.53 Å². The highest BCUT2D eigenvalue weighted by atomic mass is 16.5. The first kappa shape index (κ1) is 8.44. The second kappa shape index (κ2) is 3.30. The lowest BCUT2D eigenvalue weighted by Gasteiger charge is -1.97. The van der Waals surface area contributed by atoms with Crippen LogP contribution in [0.25, 0.3) is 0 Å². The van der Waals surface area contributed by atoms with Gasteiger partial charge in [-0.15, -0.1) is 0 Å². The highest BCUT2D eigenvalue weighted by Gasteiger charge is 2.17. The normalized spacial score (nSPS) is 16.4. The number of aldehydes is 1. The van der Waals surface area contributed by atoms with E-state index in [2.05, 4.69) is 5.10 Å². The molecule has 0 N–H and O–H groups in total. The largest absolute Gasteiger partial charge is 0.381 e. The number of nitrogens with zero attached hydrogens (tertiary/aromatic N) is 2. The summed E-state index contributed by atoms with van der Waals surface area (Å²) in [6.07, 6.45) is 2.49. The monoisotopic (exact) mass is 180 g/mol. The first-order chi connectivity index (χ1) is 6.33. The molecular weight excluding hydrogens is 168 g/mol. The number of hydrogen-bond donors (Lipinski definition) is 0. The molecular formula is C9H12N2O2. The van der Waals surface area contributed by atoms with E-state index in [1.807, 2.05) is 0 Å². The second-order valence-electron chi connectivity index (χ2n) is 3.16. The summed E-state index contributed by atoms with van der Waals surface area (Å²) >= 11 is 0. The first-order valence-electron chi connectivity index (χ1n) is 4.40. The number of rotatable bonds is 1. The van der Waals surface area contributed by atoms with Crippen molar-refractivity contribution in [1.82, 2.24) is 9.78 Å². The molecule has 1 aromatic heterocycles. The van der Waals surface area contributed by atoms with Crippen LogP contribution in [-0.4, -0.2) is 29.3 Å². The van der Waals surface area contributed by atoms with Crippen molar-refractivity contribution in [3.8, 4) is 0 Å². The van der Waals surface area contributed by atoms with Gasteiger partial charge in [-0.2, -0.15) is 5.10 Å². The molecule has 0 aromatic carbocycles. The van der Waals surface area contributed by atoms with Crippen LogP contribution in [0.4, 0.5) is 0 Å². The Morgan fingerprint density at radius 1 is 1.46 bits per heavy atom. The molecule has 0 radical (unpaired) electrons. The van der Waals surface area contributed by atoms with Crippen molar-refractivity contribution >= 4 is 6.29 Å². The molecule has 0 atom stereocenters. The van der Waals surface area contributed by atoms with Crippen molar-refractivity contribution in [3.05, 3.63) is 17.0 Å². The van der Waals surface area contributed by atoms with Crippen LogP contribution in [0.3, 0.4) is 0 Å². The number of fused-ring (bicyclic) bond motifs is 1. The van der Waals surface area contributed by atoms with Gasteiger partial charge < -0.3 is 4.74 Å². The number of aromatic nitrogens is 2. The fourth-order valence-corrected chi connectivity index (χ4v) is 1.70. The third-order valence-corrected chi connectivity index (χ3v) is 2.37. The van der Waals surface area contributed by atoms with Crippen molar-refractivity contribution in [2.45, 2.75) is 12.8 Å². The Kier molecular flexibility index (Phi) is 2.14. The third kappa shape index (κ3) is 1.37. The summed E-state index contributed by atoms with van der Waals surface area (Å²) < 4.78 is 6.97. The van der Waals surface area contributed by atoms with Crippen LogP contribution >= 0.6 is 0 Å². The Balaban J connectivity index is 2.46. The Hall–Kier alpha value is -1.16. The van der Waals surface area contributed by atoms with Gasteiger partial charge in [0, 0.05) is 19.0 Å². The summed E-state index contributed by atoms with van der Waals surface area (Å²) in [6.45, 7) is 1.40. The maximum atomic E-state index is 10.8. The number of hydrogen-bond acceptors (Lipinski definition) is 3. The van der Waals surface area contributed by atoms with Gasteiger partial charge in [-0.3, -0.25) is 9.48 Å². The average molecular weight is 180 g/mol. The summed E-state index contributed by atoms with van der Waals surface area (Å²) in [5.41, 5.74) is 2.78. The van der Waals surface area contributed by atoms with Crippen molar-refractivity contribution in [2.24, 2.45) is 7.05 Å². The van der Waals surface area contributed by atoms with Gasteiger partial charge in [-0.25, -0.2) is 0 Å². The zero-order valence-electron chi connectivity index (χ0n) is 7.62. The quantitative estimate of drug-likeness (QED) is 0.586. The molecule has 2 rings (SSSR count). The summed E-state index contributed by atoms with van der Waals surface area (Å²) in [5.74, 6) is 0. The third-order valence-electron chi connectivity index (χ3n) is 2.37. The van der Waals surface area contributed by atoms with E-state index in [1.165, 1.54) is 0 Å². The number of ether oxygens (including phenoxy) is 1. The molecule has 1 aromatic rings.